The molecule has 0 atom stereocenters. The fourth-order valence-electron chi connectivity index (χ4n) is 1.13. The van der Waals surface area contributed by atoms with E-state index in [0.29, 0.717) is 11.5 Å². The molecule has 2 rings (SSSR count). The van der Waals surface area contributed by atoms with Gasteiger partial charge in [-0.3, -0.25) is 5.41 Å². The highest BCUT2D eigenvalue weighted by Crippen LogP contribution is 2.33. The van der Waals surface area contributed by atoms with Crippen molar-refractivity contribution < 1.29 is 19.8 Å². The molecule has 17 heavy (non-hydrogen) atoms. The summed E-state index contributed by atoms with van der Waals surface area (Å²) in [6.07, 6.45) is 0. The Morgan fingerprint density at radius 2 is 2.12 bits per heavy atom. The Hall–Kier alpha value is -2.71. The van der Waals surface area contributed by atoms with E-state index in [4.69, 9.17) is 35.9 Å². The summed E-state index contributed by atoms with van der Waals surface area (Å²) < 4.78 is 10.3. The summed E-state index contributed by atoms with van der Waals surface area (Å²) >= 11 is 0. The van der Waals surface area contributed by atoms with E-state index in [-0.39, 0.29) is 12.8 Å². The fraction of sp³-hybridized carbons (Fsp3) is 0.125. The van der Waals surface area contributed by atoms with Crippen molar-refractivity contribution in [3.8, 4) is 11.5 Å². The molecular formula is C8H10N4O5. The Morgan fingerprint density at radius 3 is 2.71 bits per heavy atom. The second-order valence-electron chi connectivity index (χ2n) is 2.84. The summed E-state index contributed by atoms with van der Waals surface area (Å²) in [5, 5.41) is 23.3. The number of anilines is 1. The van der Waals surface area contributed by atoms with Crippen LogP contribution in [0.3, 0.4) is 0 Å². The van der Waals surface area contributed by atoms with Crippen molar-refractivity contribution in [1.29, 1.82) is 5.41 Å². The molecule has 9 heteroatoms. The minimum Gasteiger partial charge on any atom is -0.454 e. The summed E-state index contributed by atoms with van der Waals surface area (Å²) in [5.41, 5.74) is 5.89. The molecule has 92 valence electrons. The van der Waals surface area contributed by atoms with Crippen LogP contribution in [-0.2, 0) is 0 Å². The van der Waals surface area contributed by atoms with Gasteiger partial charge < -0.3 is 25.7 Å². The molecule has 0 aromatic heterocycles. The van der Waals surface area contributed by atoms with Crippen molar-refractivity contribution in [3.05, 3.63) is 28.3 Å². The van der Waals surface area contributed by atoms with Gasteiger partial charge in [0.25, 0.3) is 5.09 Å². The van der Waals surface area contributed by atoms with Gasteiger partial charge in [0.2, 0.25) is 6.79 Å². The van der Waals surface area contributed by atoms with Gasteiger partial charge >= 0.3 is 0 Å². The number of ether oxygens (including phenoxy) is 2. The maximum atomic E-state index is 8.36. The molecule has 1 heterocycles. The quantitative estimate of drug-likeness (QED) is 0.241. The largest absolute Gasteiger partial charge is 0.454 e. The van der Waals surface area contributed by atoms with Gasteiger partial charge in [-0.15, -0.1) is 10.1 Å². The molecular weight excluding hydrogens is 232 g/mol. The van der Waals surface area contributed by atoms with Gasteiger partial charge in [-0.1, -0.05) is 0 Å². The highest BCUT2D eigenvalue weighted by Gasteiger charge is 2.12. The lowest BCUT2D eigenvalue weighted by molar-refractivity contribution is -0.742. The third-order valence-electron chi connectivity index (χ3n) is 1.65. The van der Waals surface area contributed by atoms with Crippen molar-refractivity contribution in [2.24, 2.45) is 5.73 Å². The van der Waals surface area contributed by atoms with Crippen LogP contribution in [0.15, 0.2) is 18.2 Å². The zero-order valence-corrected chi connectivity index (χ0v) is 8.54. The molecule has 1 aliphatic heterocycles. The van der Waals surface area contributed by atoms with Crippen LogP contribution in [0.2, 0.25) is 0 Å². The van der Waals surface area contributed by atoms with E-state index in [9.17, 15) is 0 Å². The Bertz CT molecular complexity index is 432. The van der Waals surface area contributed by atoms with Crippen molar-refractivity contribution in [2.75, 3.05) is 12.1 Å². The van der Waals surface area contributed by atoms with E-state index in [2.05, 4.69) is 5.32 Å². The lowest BCUT2D eigenvalue weighted by Crippen LogP contribution is -2.20. The molecule has 0 radical (unpaired) electrons. The van der Waals surface area contributed by atoms with E-state index in [0.717, 1.165) is 5.69 Å². The Kier molecular flexibility index (Phi) is 3.92. The molecule has 1 aromatic rings. The van der Waals surface area contributed by atoms with Gasteiger partial charge in [-0.05, 0) is 12.1 Å². The average molecular weight is 242 g/mol. The molecule has 1 aliphatic rings. The van der Waals surface area contributed by atoms with Crippen LogP contribution in [0.25, 0.3) is 0 Å². The van der Waals surface area contributed by atoms with Gasteiger partial charge in [-0.2, -0.15) is 0 Å². The SMILES string of the molecule is N=C(N)Nc1ccc2c(c1)OCO2.O=[N+]([O-])O. The molecule has 0 bridgehead atoms. The van der Waals surface area contributed by atoms with Gasteiger partial charge in [-0.25, -0.2) is 0 Å². The third-order valence-corrected chi connectivity index (χ3v) is 1.65. The van der Waals surface area contributed by atoms with Crippen LogP contribution in [-0.4, -0.2) is 23.0 Å². The number of hydrogen-bond donors (Lipinski definition) is 4. The van der Waals surface area contributed by atoms with E-state index in [1.54, 1.807) is 18.2 Å². The standard InChI is InChI=1S/C8H9N3O2.HNO3/c9-8(10)11-5-1-2-6-7(3-5)13-4-12-6;2-1(3)4/h1-3H,4H2,(H4,9,10,11);(H,2,3,4). The highest BCUT2D eigenvalue weighted by molar-refractivity contribution is 5.90. The second kappa shape index (κ2) is 5.39. The lowest BCUT2D eigenvalue weighted by Gasteiger charge is -2.03. The Labute approximate surface area is 95.4 Å². The first-order valence-electron chi connectivity index (χ1n) is 4.33. The van der Waals surface area contributed by atoms with Gasteiger partial charge in [0.15, 0.2) is 17.5 Å². The van der Waals surface area contributed by atoms with Crippen LogP contribution in [0.5, 0.6) is 11.5 Å². The molecule has 0 saturated heterocycles. The normalized spacial score (nSPS) is 11.1. The predicted octanol–water partition coefficient (Wildman–Crippen LogP) is 0.373. The summed E-state index contributed by atoms with van der Waals surface area (Å²) in [7, 11) is 0. The predicted molar refractivity (Wildman–Crippen MR) is 56.9 cm³/mol. The van der Waals surface area contributed by atoms with Crippen molar-refractivity contribution in [3.63, 3.8) is 0 Å². The molecule has 0 amide bonds. The maximum Gasteiger partial charge on any atom is 0.291 e. The van der Waals surface area contributed by atoms with Crippen LogP contribution in [0, 0.1) is 15.5 Å². The number of hydrogen-bond acceptors (Lipinski definition) is 5. The molecule has 0 saturated carbocycles. The van der Waals surface area contributed by atoms with E-state index in [1.807, 2.05) is 0 Å². The van der Waals surface area contributed by atoms with E-state index < -0.39 is 5.09 Å². The zero-order chi connectivity index (χ0) is 12.8. The molecule has 5 N–H and O–H groups in total. The van der Waals surface area contributed by atoms with Gasteiger partial charge in [0.05, 0.1) is 0 Å². The van der Waals surface area contributed by atoms with E-state index >= 15 is 0 Å². The minimum absolute atomic E-state index is 0.0983. The highest BCUT2D eigenvalue weighted by atomic mass is 16.9. The Morgan fingerprint density at radius 1 is 1.53 bits per heavy atom. The maximum absolute atomic E-state index is 8.36. The molecule has 1 aromatic carbocycles. The molecule has 0 aliphatic carbocycles. The lowest BCUT2D eigenvalue weighted by atomic mass is 10.3. The Balaban J connectivity index is 0.000000317. The van der Waals surface area contributed by atoms with Gasteiger partial charge in [0, 0.05) is 11.8 Å². The molecule has 0 spiro atoms. The van der Waals surface area contributed by atoms with Crippen LogP contribution in [0.4, 0.5) is 5.69 Å². The second-order valence-corrected chi connectivity index (χ2v) is 2.84. The van der Waals surface area contributed by atoms with E-state index in [1.165, 1.54) is 0 Å². The third kappa shape index (κ3) is 4.11. The number of guanidine groups is 1. The molecule has 0 unspecified atom stereocenters. The summed E-state index contributed by atoms with van der Waals surface area (Å²) in [5.74, 6) is 1.29. The monoisotopic (exact) mass is 242 g/mol. The van der Waals surface area contributed by atoms with Crippen molar-refractivity contribution in [1.82, 2.24) is 0 Å². The number of nitrogens with two attached hydrogens (primary N) is 1. The number of nitrogens with zero attached hydrogens (tertiary/aromatic N) is 1. The van der Waals surface area contributed by atoms with Crippen LogP contribution in [0.1, 0.15) is 0 Å². The number of rotatable bonds is 1. The topological polar surface area (TPSA) is 144 Å². The van der Waals surface area contributed by atoms with Crippen LogP contribution >= 0.6 is 0 Å². The first kappa shape index (κ1) is 12.4. The van der Waals surface area contributed by atoms with Crippen molar-refractivity contribution >= 4 is 11.6 Å². The minimum atomic E-state index is -1.50. The number of nitrogens with one attached hydrogen (secondary N) is 2. The van der Waals surface area contributed by atoms with Crippen molar-refractivity contribution in [2.45, 2.75) is 0 Å². The number of benzene rings is 1. The summed E-state index contributed by atoms with van der Waals surface area (Å²) in [6, 6.07) is 5.28. The summed E-state index contributed by atoms with van der Waals surface area (Å²) in [6.45, 7) is 0.249. The first-order chi connectivity index (χ1) is 7.99. The molecule has 0 fully saturated rings. The molecule has 9 nitrogen and oxygen atoms in total. The van der Waals surface area contributed by atoms with Crippen LogP contribution < -0.4 is 20.5 Å². The van der Waals surface area contributed by atoms with Gasteiger partial charge in [0.1, 0.15) is 0 Å². The number of fused-ring (bicyclic) bond motifs is 1. The average Bonchev–Trinajstić information content (AvgIpc) is 2.62. The first-order valence-corrected chi connectivity index (χ1v) is 4.33. The fourth-order valence-corrected chi connectivity index (χ4v) is 1.13. The smallest absolute Gasteiger partial charge is 0.291 e. The summed E-state index contributed by atoms with van der Waals surface area (Å²) in [4.78, 5) is 8.36. The zero-order valence-electron chi connectivity index (χ0n) is 8.54.